The third-order valence-electron chi connectivity index (χ3n) is 5.68. The van der Waals surface area contributed by atoms with Crippen molar-refractivity contribution in [1.82, 2.24) is 14.5 Å². The lowest BCUT2D eigenvalue weighted by Crippen LogP contribution is -2.19. The van der Waals surface area contributed by atoms with E-state index in [-0.39, 0.29) is 0 Å². The molecule has 0 spiro atoms. The van der Waals surface area contributed by atoms with Crippen molar-refractivity contribution in [2.75, 3.05) is 24.3 Å². The van der Waals surface area contributed by atoms with Gasteiger partial charge in [-0.25, -0.2) is 4.57 Å². The van der Waals surface area contributed by atoms with Gasteiger partial charge in [0.2, 0.25) is 17.7 Å². The number of carbonyl (C=O) groups excluding carboxylic acids is 1. The van der Waals surface area contributed by atoms with Crippen molar-refractivity contribution >= 4 is 28.4 Å². The molecule has 4 N–H and O–H groups in total. The van der Waals surface area contributed by atoms with Gasteiger partial charge in [0.15, 0.2) is 0 Å². The Morgan fingerprint density at radius 2 is 2.03 bits per heavy atom. The number of aromatic nitrogens is 3. The largest absolute Gasteiger partial charge is 0.482 e. The Morgan fingerprint density at radius 3 is 2.81 bits per heavy atom. The third kappa shape index (κ3) is 3.49. The Kier molecular flexibility index (Phi) is 5.10. The summed E-state index contributed by atoms with van der Waals surface area (Å²) in [7, 11) is 1.58. The van der Waals surface area contributed by atoms with Crippen molar-refractivity contribution in [1.29, 1.82) is 0 Å². The van der Waals surface area contributed by atoms with Crippen LogP contribution in [0.4, 0.5) is 11.6 Å². The summed E-state index contributed by atoms with van der Waals surface area (Å²) in [4.78, 5) is 21.6. The highest BCUT2D eigenvalue weighted by Gasteiger charge is 2.22. The molecular formula is C24H24N6O2. The molecule has 4 aromatic rings. The molecule has 0 unspecified atom stereocenters. The highest BCUT2D eigenvalue weighted by molar-refractivity contribution is 6.06. The van der Waals surface area contributed by atoms with Crippen LogP contribution in [-0.2, 0) is 13.0 Å². The number of rotatable bonds is 6. The minimum atomic E-state index is -0.492. The fourth-order valence-corrected chi connectivity index (χ4v) is 4.13. The molecule has 32 heavy (non-hydrogen) atoms. The number of benzene rings is 2. The number of amides is 1. The molecule has 1 aliphatic rings. The number of anilines is 2. The van der Waals surface area contributed by atoms with Crippen molar-refractivity contribution in [3.05, 3.63) is 71.3 Å². The molecule has 0 bridgehead atoms. The van der Waals surface area contributed by atoms with Gasteiger partial charge in [-0.05, 0) is 30.5 Å². The quantitative estimate of drug-likeness (QED) is 0.434. The van der Waals surface area contributed by atoms with E-state index in [4.69, 9.17) is 20.4 Å². The van der Waals surface area contributed by atoms with Gasteiger partial charge in [0, 0.05) is 35.7 Å². The first-order valence-electron chi connectivity index (χ1n) is 10.6. The molecule has 8 heteroatoms. The number of methoxy groups -OCH3 is 1. The van der Waals surface area contributed by atoms with Crippen LogP contribution in [0.3, 0.4) is 0 Å². The first-order valence-corrected chi connectivity index (χ1v) is 10.6. The van der Waals surface area contributed by atoms with Crippen LogP contribution in [0.2, 0.25) is 0 Å². The average Bonchev–Trinajstić information content (AvgIpc) is 3.21. The van der Waals surface area contributed by atoms with Gasteiger partial charge in [-0.15, -0.1) is 0 Å². The number of nitrogens with one attached hydrogen (secondary N) is 2. The van der Waals surface area contributed by atoms with E-state index in [0.717, 1.165) is 42.1 Å². The van der Waals surface area contributed by atoms with Crippen LogP contribution in [0, 0.1) is 0 Å². The Labute approximate surface area is 185 Å². The Morgan fingerprint density at radius 1 is 1.19 bits per heavy atom. The second-order valence-electron chi connectivity index (χ2n) is 7.69. The zero-order valence-electron chi connectivity index (χ0n) is 17.8. The van der Waals surface area contributed by atoms with Crippen LogP contribution < -0.4 is 21.1 Å². The van der Waals surface area contributed by atoms with Gasteiger partial charge in [0.05, 0.1) is 12.6 Å². The van der Waals surface area contributed by atoms with E-state index < -0.39 is 5.91 Å². The van der Waals surface area contributed by atoms with Crippen molar-refractivity contribution < 1.29 is 9.53 Å². The molecule has 3 heterocycles. The number of fused-ring (bicyclic) bond motifs is 2. The molecule has 1 aliphatic heterocycles. The van der Waals surface area contributed by atoms with Crippen molar-refractivity contribution in [3.8, 4) is 11.8 Å². The van der Waals surface area contributed by atoms with E-state index in [9.17, 15) is 4.79 Å². The summed E-state index contributed by atoms with van der Waals surface area (Å²) >= 11 is 0. The van der Waals surface area contributed by atoms with Crippen molar-refractivity contribution in [2.45, 2.75) is 19.4 Å². The summed E-state index contributed by atoms with van der Waals surface area (Å²) in [5.41, 5.74) is 9.01. The monoisotopic (exact) mass is 428 g/mol. The number of nitrogens with zero attached hydrogens (tertiary/aromatic N) is 3. The Bertz CT molecular complexity index is 1300. The molecule has 5 rings (SSSR count). The Balaban J connectivity index is 1.64. The van der Waals surface area contributed by atoms with Crippen LogP contribution in [-0.4, -0.2) is 34.1 Å². The third-order valence-corrected chi connectivity index (χ3v) is 5.68. The molecule has 2 aromatic carbocycles. The Hall–Kier alpha value is -4.07. The lowest BCUT2D eigenvalue weighted by atomic mass is 10.1. The van der Waals surface area contributed by atoms with Crippen molar-refractivity contribution in [2.24, 2.45) is 5.73 Å². The van der Waals surface area contributed by atoms with Gasteiger partial charge < -0.3 is 21.1 Å². The summed E-state index contributed by atoms with van der Waals surface area (Å²) in [6.07, 6.45) is 1.92. The normalized spacial score (nSPS) is 12.8. The fourth-order valence-electron chi connectivity index (χ4n) is 4.13. The molecule has 0 aliphatic carbocycles. The maximum Gasteiger partial charge on any atom is 0.249 e. The molecule has 0 atom stereocenters. The van der Waals surface area contributed by atoms with Crippen LogP contribution in [0.5, 0.6) is 5.88 Å². The first-order chi connectivity index (χ1) is 15.7. The summed E-state index contributed by atoms with van der Waals surface area (Å²) in [5, 5.41) is 7.59. The van der Waals surface area contributed by atoms with Gasteiger partial charge in [0.25, 0.3) is 0 Å². The van der Waals surface area contributed by atoms with Gasteiger partial charge in [-0.1, -0.05) is 36.4 Å². The van der Waals surface area contributed by atoms with Gasteiger partial charge >= 0.3 is 0 Å². The minimum absolute atomic E-state index is 0.429. The maximum atomic E-state index is 11.9. The topological polar surface area (TPSA) is 107 Å². The lowest BCUT2D eigenvalue weighted by molar-refractivity contribution is 0.100. The molecule has 0 saturated heterocycles. The van der Waals surface area contributed by atoms with E-state index in [1.165, 1.54) is 5.56 Å². The summed E-state index contributed by atoms with van der Waals surface area (Å²) in [6.45, 7) is 1.51. The summed E-state index contributed by atoms with van der Waals surface area (Å²) in [5.74, 6) is 2.09. The summed E-state index contributed by atoms with van der Waals surface area (Å²) < 4.78 is 7.43. The zero-order chi connectivity index (χ0) is 22.1. The molecule has 2 aromatic heterocycles. The molecule has 0 fully saturated rings. The van der Waals surface area contributed by atoms with E-state index in [1.54, 1.807) is 25.3 Å². The number of primary amides is 1. The highest BCUT2D eigenvalue weighted by atomic mass is 16.5. The van der Waals surface area contributed by atoms with E-state index in [1.807, 2.05) is 28.8 Å². The standard InChI is InChI=1S/C24H24N6O2/c1-32-20-13-18-16(21(25)31)9-5-11-19(18)30(20)24-28-22-17(10-6-12-26-22)23(29-24)27-14-15-7-3-2-4-8-15/h2-5,7-9,11,13H,6,10,12,14H2,1H3,(H2,25,31)(H2,26,27,28,29). The van der Waals surface area contributed by atoms with Crippen LogP contribution >= 0.6 is 0 Å². The van der Waals surface area contributed by atoms with E-state index in [2.05, 4.69) is 22.8 Å². The van der Waals surface area contributed by atoms with E-state index in [0.29, 0.717) is 29.3 Å². The average molecular weight is 428 g/mol. The molecule has 1 amide bonds. The van der Waals surface area contributed by atoms with Gasteiger partial charge in [0.1, 0.15) is 11.6 Å². The first kappa shape index (κ1) is 19.9. The van der Waals surface area contributed by atoms with Gasteiger partial charge in [-0.2, -0.15) is 9.97 Å². The van der Waals surface area contributed by atoms with E-state index >= 15 is 0 Å². The predicted molar refractivity (Wildman–Crippen MR) is 125 cm³/mol. The second kappa shape index (κ2) is 8.22. The summed E-state index contributed by atoms with van der Waals surface area (Å²) in [6, 6.07) is 17.4. The smallest absolute Gasteiger partial charge is 0.249 e. The maximum absolute atomic E-state index is 11.9. The number of hydrogen-bond donors (Lipinski definition) is 3. The van der Waals surface area contributed by atoms with Crippen molar-refractivity contribution in [3.63, 3.8) is 0 Å². The molecule has 0 saturated carbocycles. The SMILES string of the molecule is COc1cc2c(C(N)=O)cccc2n1-c1nc2c(c(NCc3ccccc3)n1)CCCN2. The molecular weight excluding hydrogens is 404 g/mol. The molecule has 162 valence electrons. The number of nitrogens with two attached hydrogens (primary N) is 1. The minimum Gasteiger partial charge on any atom is -0.482 e. The number of ether oxygens (including phenoxy) is 1. The van der Waals surface area contributed by atoms with Crippen LogP contribution in [0.15, 0.2) is 54.6 Å². The van der Waals surface area contributed by atoms with Crippen LogP contribution in [0.1, 0.15) is 27.9 Å². The van der Waals surface area contributed by atoms with Crippen LogP contribution in [0.25, 0.3) is 16.9 Å². The highest BCUT2D eigenvalue weighted by Crippen LogP contribution is 2.33. The lowest BCUT2D eigenvalue weighted by Gasteiger charge is -2.22. The van der Waals surface area contributed by atoms with Gasteiger partial charge in [-0.3, -0.25) is 4.79 Å². The molecule has 8 nitrogen and oxygen atoms in total. The zero-order valence-corrected chi connectivity index (χ0v) is 17.8. The predicted octanol–water partition coefficient (Wildman–Crippen LogP) is 3.50. The molecule has 0 radical (unpaired) electrons. The fraction of sp³-hybridized carbons (Fsp3) is 0.208. The second-order valence-corrected chi connectivity index (χ2v) is 7.69. The number of carbonyl (C=O) groups is 1. The number of hydrogen-bond acceptors (Lipinski definition) is 6.